The van der Waals surface area contributed by atoms with Crippen molar-refractivity contribution in [3.8, 4) is 0 Å². The lowest BCUT2D eigenvalue weighted by atomic mass is 10.2. The van der Waals surface area contributed by atoms with Gasteiger partial charge in [0.2, 0.25) is 0 Å². The van der Waals surface area contributed by atoms with E-state index in [4.69, 9.17) is 4.74 Å². The molecule has 0 radical (unpaired) electrons. The summed E-state index contributed by atoms with van der Waals surface area (Å²) in [6, 6.07) is 9.52. The zero-order valence-corrected chi connectivity index (χ0v) is 9.83. The van der Waals surface area contributed by atoms with E-state index in [-0.39, 0.29) is 11.2 Å². The van der Waals surface area contributed by atoms with Gasteiger partial charge in [-0.1, -0.05) is 30.3 Å². The Bertz CT molecular complexity index is 382. The van der Waals surface area contributed by atoms with Gasteiger partial charge in [0.1, 0.15) is 5.94 Å². The summed E-state index contributed by atoms with van der Waals surface area (Å²) >= 11 is 0. The highest BCUT2D eigenvalue weighted by molar-refractivity contribution is 7.91. The molecule has 0 N–H and O–H groups in total. The Hall–Kier alpha value is -0.870. The van der Waals surface area contributed by atoms with Crippen molar-refractivity contribution in [2.24, 2.45) is 0 Å². The second-order valence-corrected chi connectivity index (χ2v) is 6.17. The van der Waals surface area contributed by atoms with Crippen LogP contribution in [0.15, 0.2) is 30.3 Å². The zero-order valence-electron chi connectivity index (χ0n) is 9.01. The monoisotopic (exact) mass is 228 g/mol. The van der Waals surface area contributed by atoms with Crippen molar-refractivity contribution in [1.82, 2.24) is 0 Å². The summed E-state index contributed by atoms with van der Waals surface area (Å²) in [4.78, 5) is 0. The molecule has 0 amide bonds. The molecule has 84 valence electrons. The smallest absolute Gasteiger partial charge is 0.176 e. The third-order valence-electron chi connectivity index (χ3n) is 2.08. The molecule has 1 aromatic rings. The maximum atomic E-state index is 11.4. The summed E-state index contributed by atoms with van der Waals surface area (Å²) in [6.45, 7) is 3.65. The van der Waals surface area contributed by atoms with Gasteiger partial charge in [0.25, 0.3) is 0 Å². The van der Waals surface area contributed by atoms with Crippen LogP contribution in [-0.4, -0.2) is 19.6 Å². The Kier molecular flexibility index (Phi) is 4.29. The second kappa shape index (κ2) is 5.28. The first-order valence-corrected chi connectivity index (χ1v) is 6.57. The molecule has 3 nitrogen and oxygen atoms in total. The molecular formula is C11H16O3S. The number of hydrogen-bond donors (Lipinski definition) is 0. The van der Waals surface area contributed by atoms with Crippen molar-refractivity contribution in [3.05, 3.63) is 35.9 Å². The van der Waals surface area contributed by atoms with Gasteiger partial charge < -0.3 is 4.74 Å². The van der Waals surface area contributed by atoms with Gasteiger partial charge in [0.15, 0.2) is 9.84 Å². The average molecular weight is 228 g/mol. The van der Waals surface area contributed by atoms with Crippen LogP contribution in [0.1, 0.15) is 19.4 Å². The maximum Gasteiger partial charge on any atom is 0.176 e. The first-order valence-electron chi connectivity index (χ1n) is 4.85. The van der Waals surface area contributed by atoms with E-state index < -0.39 is 9.84 Å². The van der Waals surface area contributed by atoms with Crippen LogP contribution in [0.4, 0.5) is 0 Å². The average Bonchev–Trinajstić information content (AvgIpc) is 2.19. The molecule has 0 atom stereocenters. The van der Waals surface area contributed by atoms with Crippen LogP contribution < -0.4 is 0 Å². The Labute approximate surface area is 91.0 Å². The minimum atomic E-state index is -3.09. The van der Waals surface area contributed by atoms with Gasteiger partial charge >= 0.3 is 0 Å². The molecule has 0 saturated heterocycles. The summed E-state index contributed by atoms with van der Waals surface area (Å²) in [5.74, 6) is -0.209. The van der Waals surface area contributed by atoms with Crippen LogP contribution >= 0.6 is 0 Å². The molecule has 0 bridgehead atoms. The molecule has 0 fully saturated rings. The van der Waals surface area contributed by atoms with Crippen molar-refractivity contribution < 1.29 is 13.2 Å². The minimum Gasteiger partial charge on any atom is -0.361 e. The van der Waals surface area contributed by atoms with Crippen molar-refractivity contribution in [3.63, 3.8) is 0 Å². The molecule has 0 aliphatic rings. The summed E-state index contributed by atoms with van der Waals surface area (Å²) in [7, 11) is -3.09. The molecule has 0 aliphatic heterocycles. The van der Waals surface area contributed by atoms with Gasteiger partial charge in [-0.15, -0.1) is 0 Å². The van der Waals surface area contributed by atoms with Gasteiger partial charge in [-0.25, -0.2) is 8.42 Å². The summed E-state index contributed by atoms with van der Waals surface area (Å²) in [5.41, 5.74) is 0.983. The lowest BCUT2D eigenvalue weighted by molar-refractivity contribution is 0.162. The third kappa shape index (κ3) is 4.01. The highest BCUT2D eigenvalue weighted by Gasteiger charge is 2.15. The van der Waals surface area contributed by atoms with Crippen LogP contribution in [0, 0.1) is 0 Å². The molecule has 1 rings (SSSR count). The Balaban J connectivity index is 2.41. The van der Waals surface area contributed by atoms with E-state index in [0.29, 0.717) is 6.61 Å². The fourth-order valence-corrected chi connectivity index (χ4v) is 1.57. The topological polar surface area (TPSA) is 43.4 Å². The number of benzene rings is 1. The lowest BCUT2D eigenvalue weighted by Crippen LogP contribution is -2.19. The van der Waals surface area contributed by atoms with Gasteiger partial charge in [0.05, 0.1) is 11.9 Å². The first-order chi connectivity index (χ1) is 7.02. The quantitative estimate of drug-likeness (QED) is 0.774. The van der Waals surface area contributed by atoms with Crippen LogP contribution in [-0.2, 0) is 21.2 Å². The number of rotatable bonds is 5. The lowest BCUT2D eigenvalue weighted by Gasteiger charge is -2.08. The van der Waals surface area contributed by atoms with Gasteiger partial charge in [-0.3, -0.25) is 0 Å². The number of sulfone groups is 1. The van der Waals surface area contributed by atoms with Crippen molar-refractivity contribution in [2.45, 2.75) is 25.7 Å². The highest BCUT2D eigenvalue weighted by Crippen LogP contribution is 2.05. The van der Waals surface area contributed by atoms with Gasteiger partial charge in [-0.2, -0.15) is 0 Å². The summed E-state index contributed by atoms with van der Waals surface area (Å²) in [5, 5.41) is -0.381. The van der Waals surface area contributed by atoms with Crippen LogP contribution in [0.3, 0.4) is 0 Å². The molecular weight excluding hydrogens is 212 g/mol. The number of hydrogen-bond acceptors (Lipinski definition) is 3. The summed E-state index contributed by atoms with van der Waals surface area (Å²) < 4.78 is 27.9. The minimum absolute atomic E-state index is 0.209. The van der Waals surface area contributed by atoms with E-state index in [1.165, 1.54) is 0 Å². The van der Waals surface area contributed by atoms with E-state index in [1.807, 2.05) is 30.3 Å². The largest absolute Gasteiger partial charge is 0.361 e. The molecule has 0 unspecified atom stereocenters. The normalized spacial score (nSPS) is 11.9. The van der Waals surface area contributed by atoms with Crippen LogP contribution in [0.5, 0.6) is 0 Å². The second-order valence-electron chi connectivity index (χ2n) is 3.66. The Morgan fingerprint density at radius 2 is 1.80 bits per heavy atom. The van der Waals surface area contributed by atoms with Crippen molar-refractivity contribution in [1.29, 1.82) is 0 Å². The van der Waals surface area contributed by atoms with Crippen LogP contribution in [0.2, 0.25) is 0 Å². The molecule has 0 aliphatic carbocycles. The predicted octanol–water partition coefficient (Wildman–Crippen LogP) is 1.98. The van der Waals surface area contributed by atoms with E-state index in [2.05, 4.69) is 0 Å². The van der Waals surface area contributed by atoms with E-state index in [1.54, 1.807) is 13.8 Å². The standard InChI is InChI=1S/C11H16O3S/c1-10(2)15(12,13)9-14-8-11-6-4-3-5-7-11/h3-7,10H,8-9H2,1-2H3. The molecule has 15 heavy (non-hydrogen) atoms. The van der Waals surface area contributed by atoms with Crippen molar-refractivity contribution in [2.75, 3.05) is 5.94 Å². The van der Waals surface area contributed by atoms with Gasteiger partial charge in [0, 0.05) is 0 Å². The predicted molar refractivity (Wildman–Crippen MR) is 60.2 cm³/mol. The maximum absolute atomic E-state index is 11.4. The fourth-order valence-electron chi connectivity index (χ4n) is 0.986. The van der Waals surface area contributed by atoms with E-state index >= 15 is 0 Å². The van der Waals surface area contributed by atoms with E-state index in [9.17, 15) is 8.42 Å². The first kappa shape index (κ1) is 12.2. The molecule has 4 heteroatoms. The van der Waals surface area contributed by atoms with E-state index in [0.717, 1.165) is 5.56 Å². The SMILES string of the molecule is CC(C)S(=O)(=O)COCc1ccccc1. The number of ether oxygens (including phenoxy) is 1. The van der Waals surface area contributed by atoms with Gasteiger partial charge in [-0.05, 0) is 19.4 Å². The Morgan fingerprint density at radius 1 is 1.20 bits per heavy atom. The Morgan fingerprint density at radius 3 is 2.33 bits per heavy atom. The molecule has 0 heterocycles. The zero-order chi connectivity index (χ0) is 11.3. The molecule has 0 saturated carbocycles. The third-order valence-corrected chi connectivity index (χ3v) is 4.01. The van der Waals surface area contributed by atoms with Crippen LogP contribution in [0.25, 0.3) is 0 Å². The fraction of sp³-hybridized carbons (Fsp3) is 0.455. The molecule has 0 spiro atoms. The molecule has 0 aromatic heterocycles. The van der Waals surface area contributed by atoms with Crippen molar-refractivity contribution >= 4 is 9.84 Å². The molecule has 1 aromatic carbocycles. The highest BCUT2D eigenvalue weighted by atomic mass is 32.2. The summed E-state index contributed by atoms with van der Waals surface area (Å²) in [6.07, 6.45) is 0.